The van der Waals surface area contributed by atoms with Crippen LogP contribution in [0.1, 0.15) is 10.4 Å². The first-order chi connectivity index (χ1) is 12.2. The molecule has 0 unspecified atom stereocenters. The lowest BCUT2D eigenvalue weighted by Crippen LogP contribution is -2.21. The van der Waals surface area contributed by atoms with Crippen LogP contribution in [0.25, 0.3) is 22.7 Å². The minimum Gasteiger partial charge on any atom is -0.475 e. The van der Waals surface area contributed by atoms with Crippen LogP contribution in [-0.2, 0) is 4.79 Å². The summed E-state index contributed by atoms with van der Waals surface area (Å²) in [5.41, 5.74) is 3.57. The van der Waals surface area contributed by atoms with Crippen molar-refractivity contribution >= 4 is 23.0 Å². The zero-order valence-corrected chi connectivity index (χ0v) is 12.7. The largest absolute Gasteiger partial charge is 0.490 e. The first kappa shape index (κ1) is 18.9. The van der Waals surface area contributed by atoms with Gasteiger partial charge in [0.15, 0.2) is 5.58 Å². The monoisotopic (exact) mass is 369 g/mol. The standard InChI is InChI=1S/C13H9N3O3.C2HF3O2/c17-12(16-18)8-4-5-11-10(7-8)15-13(19-11)9-3-1-2-6-14-9;3-2(4,5)1(6)7/h1-7,18H,(H,16,17);(H,6,7). The number of nitrogens with one attached hydrogen (secondary N) is 1. The Kier molecular flexibility index (Phi) is 5.52. The Morgan fingerprint density at radius 2 is 1.85 bits per heavy atom. The van der Waals surface area contributed by atoms with Crippen molar-refractivity contribution in [3.8, 4) is 11.6 Å². The van der Waals surface area contributed by atoms with Crippen LogP contribution in [0.3, 0.4) is 0 Å². The van der Waals surface area contributed by atoms with E-state index in [4.69, 9.17) is 19.5 Å². The molecule has 1 amide bonds. The highest BCUT2D eigenvalue weighted by Crippen LogP contribution is 2.23. The molecule has 0 bridgehead atoms. The van der Waals surface area contributed by atoms with Gasteiger partial charge in [-0.15, -0.1) is 0 Å². The number of benzene rings is 1. The molecule has 3 rings (SSSR count). The van der Waals surface area contributed by atoms with Gasteiger partial charge in [-0.1, -0.05) is 6.07 Å². The Morgan fingerprint density at radius 3 is 2.38 bits per heavy atom. The molecular weight excluding hydrogens is 359 g/mol. The summed E-state index contributed by atoms with van der Waals surface area (Å²) < 4.78 is 37.3. The Hall–Kier alpha value is -3.47. The molecule has 0 atom stereocenters. The molecule has 1 aromatic carbocycles. The van der Waals surface area contributed by atoms with E-state index in [-0.39, 0.29) is 0 Å². The van der Waals surface area contributed by atoms with Gasteiger partial charge >= 0.3 is 12.1 Å². The number of hydroxylamine groups is 1. The molecule has 2 aromatic heterocycles. The van der Waals surface area contributed by atoms with Crippen LogP contribution in [0.4, 0.5) is 13.2 Å². The van der Waals surface area contributed by atoms with E-state index in [9.17, 15) is 18.0 Å². The van der Waals surface area contributed by atoms with Crippen molar-refractivity contribution in [2.45, 2.75) is 6.18 Å². The van der Waals surface area contributed by atoms with E-state index in [0.717, 1.165) is 0 Å². The van der Waals surface area contributed by atoms with Gasteiger partial charge in [0, 0.05) is 11.8 Å². The molecule has 0 aliphatic heterocycles. The van der Waals surface area contributed by atoms with E-state index < -0.39 is 18.1 Å². The summed E-state index contributed by atoms with van der Waals surface area (Å²) in [6.07, 6.45) is -3.44. The molecule has 0 radical (unpaired) electrons. The summed E-state index contributed by atoms with van der Waals surface area (Å²) in [5.74, 6) is -2.96. The maximum Gasteiger partial charge on any atom is 0.490 e. The van der Waals surface area contributed by atoms with Crippen LogP contribution in [0, 0.1) is 0 Å². The molecule has 0 aliphatic rings. The minimum absolute atomic E-state index is 0.302. The van der Waals surface area contributed by atoms with E-state index in [1.54, 1.807) is 35.9 Å². The third-order valence-corrected chi connectivity index (χ3v) is 2.88. The zero-order chi connectivity index (χ0) is 19.3. The maximum absolute atomic E-state index is 11.3. The lowest BCUT2D eigenvalue weighted by atomic mass is 10.2. The molecule has 11 heteroatoms. The second kappa shape index (κ2) is 7.61. The van der Waals surface area contributed by atoms with Gasteiger partial charge < -0.3 is 9.52 Å². The highest BCUT2D eigenvalue weighted by molar-refractivity contribution is 5.96. The zero-order valence-electron chi connectivity index (χ0n) is 12.7. The third-order valence-electron chi connectivity index (χ3n) is 2.88. The van der Waals surface area contributed by atoms with Gasteiger partial charge in [-0.25, -0.2) is 15.3 Å². The van der Waals surface area contributed by atoms with E-state index in [1.807, 2.05) is 6.07 Å². The number of amides is 1. The summed E-state index contributed by atoms with van der Waals surface area (Å²) in [4.78, 5) is 28.6. The molecule has 0 spiro atoms. The molecule has 3 N–H and O–H groups in total. The number of fused-ring (bicyclic) bond motifs is 1. The highest BCUT2D eigenvalue weighted by atomic mass is 19.4. The van der Waals surface area contributed by atoms with Crippen LogP contribution < -0.4 is 5.48 Å². The predicted octanol–water partition coefficient (Wildman–Crippen LogP) is 2.64. The van der Waals surface area contributed by atoms with Crippen molar-refractivity contribution < 1.29 is 37.5 Å². The Balaban J connectivity index is 0.000000298. The molecule has 2 heterocycles. The molecule has 0 fully saturated rings. The molecular formula is C15H10F3N3O5. The number of oxazole rings is 1. The number of pyridine rings is 1. The first-order valence-electron chi connectivity index (χ1n) is 6.79. The van der Waals surface area contributed by atoms with Crippen LogP contribution in [0.5, 0.6) is 0 Å². The van der Waals surface area contributed by atoms with Gasteiger partial charge in [0.1, 0.15) is 11.2 Å². The average molecular weight is 369 g/mol. The Morgan fingerprint density at radius 1 is 1.15 bits per heavy atom. The molecule has 3 aromatic rings. The number of aliphatic carboxylic acids is 1. The van der Waals surface area contributed by atoms with Crippen molar-refractivity contribution in [3.63, 3.8) is 0 Å². The van der Waals surface area contributed by atoms with E-state index in [0.29, 0.717) is 28.2 Å². The lowest BCUT2D eigenvalue weighted by molar-refractivity contribution is -0.192. The van der Waals surface area contributed by atoms with E-state index >= 15 is 0 Å². The molecule has 0 aliphatic carbocycles. The SMILES string of the molecule is O=C(NO)c1ccc2oc(-c3ccccn3)nc2c1.O=C(O)C(F)(F)F. The first-order valence-corrected chi connectivity index (χ1v) is 6.79. The molecule has 8 nitrogen and oxygen atoms in total. The minimum atomic E-state index is -5.08. The van der Waals surface area contributed by atoms with E-state index in [1.165, 1.54) is 6.07 Å². The van der Waals surface area contributed by atoms with Gasteiger partial charge in [0.25, 0.3) is 5.91 Å². The fourth-order valence-electron chi connectivity index (χ4n) is 1.73. The van der Waals surface area contributed by atoms with Gasteiger partial charge in [0.2, 0.25) is 5.89 Å². The van der Waals surface area contributed by atoms with Crippen molar-refractivity contribution in [2.24, 2.45) is 0 Å². The van der Waals surface area contributed by atoms with Crippen LogP contribution in [-0.4, -0.2) is 38.3 Å². The van der Waals surface area contributed by atoms with Crippen molar-refractivity contribution in [1.82, 2.24) is 15.4 Å². The number of carbonyl (C=O) groups excluding carboxylic acids is 1. The number of aromatic nitrogens is 2. The lowest BCUT2D eigenvalue weighted by Gasteiger charge is -1.96. The number of carboxylic acid groups (broad SMARTS) is 1. The second-order valence-electron chi connectivity index (χ2n) is 4.66. The number of alkyl halides is 3. The number of nitrogens with zero attached hydrogens (tertiary/aromatic N) is 2. The quantitative estimate of drug-likeness (QED) is 0.468. The second-order valence-corrected chi connectivity index (χ2v) is 4.66. The summed E-state index contributed by atoms with van der Waals surface area (Å²) >= 11 is 0. The van der Waals surface area contributed by atoms with Crippen LogP contribution in [0.15, 0.2) is 47.0 Å². The Bertz CT molecular complexity index is 925. The normalized spacial score (nSPS) is 10.8. The van der Waals surface area contributed by atoms with Crippen LogP contribution >= 0.6 is 0 Å². The number of hydrogen-bond acceptors (Lipinski definition) is 6. The fraction of sp³-hybridized carbons (Fsp3) is 0.0667. The van der Waals surface area contributed by atoms with Crippen molar-refractivity contribution in [1.29, 1.82) is 0 Å². The number of carboxylic acids is 1. The van der Waals surface area contributed by atoms with Gasteiger partial charge in [-0.3, -0.25) is 15.0 Å². The van der Waals surface area contributed by atoms with Crippen molar-refractivity contribution in [3.05, 3.63) is 48.2 Å². The number of carbonyl (C=O) groups is 2. The number of hydrogen-bond donors (Lipinski definition) is 3. The predicted molar refractivity (Wildman–Crippen MR) is 80.2 cm³/mol. The average Bonchev–Trinajstić information content (AvgIpc) is 3.04. The summed E-state index contributed by atoms with van der Waals surface area (Å²) in [5, 5.41) is 15.7. The van der Waals surface area contributed by atoms with Crippen LogP contribution in [0.2, 0.25) is 0 Å². The van der Waals surface area contributed by atoms with Gasteiger partial charge in [0.05, 0.1) is 0 Å². The summed E-state index contributed by atoms with van der Waals surface area (Å²) in [7, 11) is 0. The number of halogens is 3. The molecule has 0 saturated heterocycles. The van der Waals surface area contributed by atoms with E-state index in [2.05, 4.69) is 9.97 Å². The summed E-state index contributed by atoms with van der Waals surface area (Å²) in [6.45, 7) is 0. The molecule has 26 heavy (non-hydrogen) atoms. The third kappa shape index (κ3) is 4.54. The molecule has 136 valence electrons. The maximum atomic E-state index is 11.3. The summed E-state index contributed by atoms with van der Waals surface area (Å²) in [6, 6.07) is 10.1. The number of rotatable bonds is 2. The van der Waals surface area contributed by atoms with Crippen molar-refractivity contribution in [2.75, 3.05) is 0 Å². The molecule has 0 saturated carbocycles. The topological polar surface area (TPSA) is 126 Å². The highest BCUT2D eigenvalue weighted by Gasteiger charge is 2.38. The fourth-order valence-corrected chi connectivity index (χ4v) is 1.73. The Labute approximate surface area is 142 Å². The van der Waals surface area contributed by atoms with Gasteiger partial charge in [-0.05, 0) is 30.3 Å². The smallest absolute Gasteiger partial charge is 0.475 e. The van der Waals surface area contributed by atoms with Gasteiger partial charge in [-0.2, -0.15) is 13.2 Å².